The van der Waals surface area contributed by atoms with Crippen molar-refractivity contribution in [2.45, 2.75) is 6.54 Å². The average Bonchev–Trinajstić information content (AvgIpc) is 2.14. The predicted octanol–water partition coefficient (Wildman–Crippen LogP) is 1.26. The van der Waals surface area contributed by atoms with E-state index in [0.717, 1.165) is 5.69 Å². The lowest BCUT2D eigenvalue weighted by atomic mass is 10.5. The Morgan fingerprint density at radius 2 is 2.62 bits per heavy atom. The van der Waals surface area contributed by atoms with Crippen LogP contribution >= 0.6 is 22.9 Å². The molecular weight excluding hydrogens is 144 g/mol. The summed E-state index contributed by atoms with van der Waals surface area (Å²) in [6, 6.07) is 0. The lowest BCUT2D eigenvalue weighted by Gasteiger charge is -1.84. The summed E-state index contributed by atoms with van der Waals surface area (Å²) in [5.74, 6) is 0. The van der Waals surface area contributed by atoms with Gasteiger partial charge < -0.3 is 5.73 Å². The fourth-order valence-electron chi connectivity index (χ4n) is 0.388. The standard InChI is InChI=1S/C4H5ClN2S/c5-4-3(1-6)7-2-8-4/h2H,1,6H2. The van der Waals surface area contributed by atoms with Gasteiger partial charge in [0.25, 0.3) is 0 Å². The van der Waals surface area contributed by atoms with E-state index in [2.05, 4.69) is 4.98 Å². The third-order valence-corrected chi connectivity index (χ3v) is 1.92. The second-order valence-corrected chi connectivity index (χ2v) is 2.73. The first kappa shape index (κ1) is 6.01. The molecule has 1 aromatic heterocycles. The second-order valence-electron chi connectivity index (χ2n) is 1.28. The lowest BCUT2D eigenvalue weighted by molar-refractivity contribution is 1.01. The average molecular weight is 149 g/mol. The van der Waals surface area contributed by atoms with Gasteiger partial charge in [-0.1, -0.05) is 11.6 Å². The third-order valence-electron chi connectivity index (χ3n) is 0.785. The third kappa shape index (κ3) is 0.992. The first-order valence-electron chi connectivity index (χ1n) is 2.12. The summed E-state index contributed by atoms with van der Waals surface area (Å²) in [5.41, 5.74) is 7.73. The van der Waals surface area contributed by atoms with Crippen molar-refractivity contribution in [2.24, 2.45) is 5.73 Å². The van der Waals surface area contributed by atoms with Gasteiger partial charge in [-0.15, -0.1) is 11.3 Å². The zero-order valence-electron chi connectivity index (χ0n) is 4.10. The van der Waals surface area contributed by atoms with Crippen molar-refractivity contribution in [1.82, 2.24) is 4.98 Å². The molecule has 1 rings (SSSR count). The van der Waals surface area contributed by atoms with Crippen LogP contribution in [-0.4, -0.2) is 4.98 Å². The number of rotatable bonds is 1. The van der Waals surface area contributed by atoms with Crippen LogP contribution in [0.3, 0.4) is 0 Å². The molecule has 2 N–H and O–H groups in total. The molecule has 0 aromatic carbocycles. The van der Waals surface area contributed by atoms with Gasteiger partial charge >= 0.3 is 0 Å². The maximum atomic E-state index is 5.62. The maximum Gasteiger partial charge on any atom is 0.117 e. The molecule has 0 atom stereocenters. The second kappa shape index (κ2) is 2.44. The Hall–Kier alpha value is -0.120. The van der Waals surface area contributed by atoms with Crippen LogP contribution in [0, 0.1) is 0 Å². The normalized spacial score (nSPS) is 9.75. The molecule has 1 aromatic rings. The first-order chi connectivity index (χ1) is 3.84. The van der Waals surface area contributed by atoms with Crippen molar-refractivity contribution in [3.8, 4) is 0 Å². The molecule has 0 aliphatic heterocycles. The summed E-state index contributed by atoms with van der Waals surface area (Å²) in [5, 5.41) is 0. The molecule has 0 spiro atoms. The first-order valence-corrected chi connectivity index (χ1v) is 3.38. The smallest absolute Gasteiger partial charge is 0.117 e. The van der Waals surface area contributed by atoms with E-state index in [1.165, 1.54) is 11.3 Å². The van der Waals surface area contributed by atoms with Crippen molar-refractivity contribution < 1.29 is 0 Å². The summed E-state index contributed by atoms with van der Waals surface area (Å²) in [6.45, 7) is 0.433. The maximum absolute atomic E-state index is 5.62. The van der Waals surface area contributed by atoms with Gasteiger partial charge in [0.15, 0.2) is 0 Å². The van der Waals surface area contributed by atoms with Gasteiger partial charge in [0.05, 0.1) is 11.2 Å². The van der Waals surface area contributed by atoms with E-state index >= 15 is 0 Å². The number of nitrogens with zero attached hydrogens (tertiary/aromatic N) is 1. The molecule has 0 amide bonds. The van der Waals surface area contributed by atoms with E-state index in [0.29, 0.717) is 10.9 Å². The Labute approximate surface area is 56.3 Å². The van der Waals surface area contributed by atoms with E-state index in [-0.39, 0.29) is 0 Å². The van der Waals surface area contributed by atoms with Crippen LogP contribution in [0.4, 0.5) is 0 Å². The molecule has 0 radical (unpaired) electrons. The zero-order valence-corrected chi connectivity index (χ0v) is 5.67. The van der Waals surface area contributed by atoms with E-state index in [9.17, 15) is 0 Å². The van der Waals surface area contributed by atoms with Crippen LogP contribution in [0.15, 0.2) is 5.51 Å². The SMILES string of the molecule is NCc1ncsc1Cl. The van der Waals surface area contributed by atoms with Crippen molar-refractivity contribution in [1.29, 1.82) is 0 Å². The monoisotopic (exact) mass is 148 g/mol. The van der Waals surface area contributed by atoms with Crippen molar-refractivity contribution in [2.75, 3.05) is 0 Å². The highest BCUT2D eigenvalue weighted by molar-refractivity contribution is 7.14. The number of hydrogen-bond donors (Lipinski definition) is 1. The fourth-order valence-corrected chi connectivity index (χ4v) is 1.18. The molecule has 0 saturated heterocycles. The Morgan fingerprint density at radius 1 is 1.88 bits per heavy atom. The van der Waals surface area contributed by atoms with Gasteiger partial charge in [0.2, 0.25) is 0 Å². The molecule has 0 unspecified atom stereocenters. The number of aromatic nitrogens is 1. The lowest BCUT2D eigenvalue weighted by Crippen LogP contribution is -1.95. The highest BCUT2D eigenvalue weighted by Crippen LogP contribution is 2.18. The quantitative estimate of drug-likeness (QED) is 0.651. The summed E-state index contributed by atoms with van der Waals surface area (Å²) >= 11 is 7.02. The van der Waals surface area contributed by atoms with Gasteiger partial charge in [0, 0.05) is 6.54 Å². The Bertz CT molecular complexity index is 174. The largest absolute Gasteiger partial charge is 0.325 e. The highest BCUT2D eigenvalue weighted by Gasteiger charge is 1.97. The van der Waals surface area contributed by atoms with Crippen LogP contribution in [0.25, 0.3) is 0 Å². The molecule has 0 saturated carbocycles. The van der Waals surface area contributed by atoms with Crippen LogP contribution in [0.2, 0.25) is 4.34 Å². The molecule has 0 aliphatic carbocycles. The van der Waals surface area contributed by atoms with Crippen molar-refractivity contribution in [3.05, 3.63) is 15.5 Å². The number of thiazole rings is 1. The predicted molar refractivity (Wildman–Crippen MR) is 35.0 cm³/mol. The number of hydrogen-bond acceptors (Lipinski definition) is 3. The number of halogens is 1. The van der Waals surface area contributed by atoms with E-state index < -0.39 is 0 Å². The van der Waals surface area contributed by atoms with Gasteiger partial charge in [-0.3, -0.25) is 0 Å². The molecule has 1 heterocycles. The minimum Gasteiger partial charge on any atom is -0.325 e. The molecule has 0 fully saturated rings. The molecule has 4 heteroatoms. The topological polar surface area (TPSA) is 38.9 Å². The molecule has 44 valence electrons. The minimum absolute atomic E-state index is 0.433. The van der Waals surface area contributed by atoms with E-state index in [1.807, 2.05) is 0 Å². The van der Waals surface area contributed by atoms with E-state index in [4.69, 9.17) is 17.3 Å². The summed E-state index contributed by atoms with van der Waals surface area (Å²) in [4.78, 5) is 3.90. The van der Waals surface area contributed by atoms with Crippen LogP contribution in [-0.2, 0) is 6.54 Å². The Balaban J connectivity index is 2.92. The van der Waals surface area contributed by atoms with Gasteiger partial charge in [0.1, 0.15) is 4.34 Å². The van der Waals surface area contributed by atoms with Crippen molar-refractivity contribution in [3.63, 3.8) is 0 Å². The van der Waals surface area contributed by atoms with Crippen LogP contribution in [0.5, 0.6) is 0 Å². The van der Waals surface area contributed by atoms with Gasteiger partial charge in [-0.05, 0) is 0 Å². The number of nitrogens with two attached hydrogens (primary N) is 1. The molecular formula is C4H5ClN2S. The fraction of sp³-hybridized carbons (Fsp3) is 0.250. The zero-order chi connectivity index (χ0) is 5.98. The van der Waals surface area contributed by atoms with Crippen LogP contribution < -0.4 is 5.73 Å². The Morgan fingerprint density at radius 3 is 2.88 bits per heavy atom. The molecule has 2 nitrogen and oxygen atoms in total. The highest BCUT2D eigenvalue weighted by atomic mass is 35.5. The van der Waals surface area contributed by atoms with Gasteiger partial charge in [-0.25, -0.2) is 4.98 Å². The van der Waals surface area contributed by atoms with Gasteiger partial charge in [-0.2, -0.15) is 0 Å². The van der Waals surface area contributed by atoms with Crippen LogP contribution in [0.1, 0.15) is 5.69 Å². The summed E-state index contributed by atoms with van der Waals surface area (Å²) < 4.78 is 0.701. The minimum atomic E-state index is 0.433. The molecule has 0 bridgehead atoms. The summed E-state index contributed by atoms with van der Waals surface area (Å²) in [6.07, 6.45) is 0. The Kier molecular flexibility index (Phi) is 1.83. The molecule has 0 aliphatic rings. The molecule has 8 heavy (non-hydrogen) atoms. The van der Waals surface area contributed by atoms with Crippen molar-refractivity contribution >= 4 is 22.9 Å². The van der Waals surface area contributed by atoms with E-state index in [1.54, 1.807) is 5.51 Å². The summed E-state index contributed by atoms with van der Waals surface area (Å²) in [7, 11) is 0.